The predicted molar refractivity (Wildman–Crippen MR) is 166 cm³/mol. The molecule has 0 saturated heterocycles. The number of nitrogens with zero attached hydrogens (tertiary/aromatic N) is 5. The highest BCUT2D eigenvalue weighted by molar-refractivity contribution is 14.1. The number of hydrogen-bond acceptors (Lipinski definition) is 4. The molecule has 6 rings (SSSR count). The Balaban J connectivity index is 0.000000142. The monoisotopic (exact) mass is 730 g/mol. The number of rotatable bonds is 1. The zero-order chi connectivity index (χ0) is 26.5. The van der Waals surface area contributed by atoms with Gasteiger partial charge in [-0.3, -0.25) is 4.57 Å². The summed E-state index contributed by atoms with van der Waals surface area (Å²) in [6, 6.07) is 16.3. The van der Waals surface area contributed by atoms with Gasteiger partial charge in [0, 0.05) is 24.9 Å². The van der Waals surface area contributed by atoms with E-state index < -0.39 is 0 Å². The van der Waals surface area contributed by atoms with Gasteiger partial charge in [-0.1, -0.05) is 31.9 Å². The van der Waals surface area contributed by atoms with Gasteiger partial charge in [-0.25, -0.2) is 19.9 Å². The first-order valence-electron chi connectivity index (χ1n) is 11.5. The molecule has 2 aromatic carbocycles. The number of fused-ring (bicyclic) bond motifs is 2. The number of imidazole rings is 2. The first-order chi connectivity index (χ1) is 17.7. The molecule has 1 N–H and O–H groups in total. The summed E-state index contributed by atoms with van der Waals surface area (Å²) in [7, 11) is 0. The lowest BCUT2D eigenvalue weighted by molar-refractivity contribution is 1.05. The van der Waals surface area contributed by atoms with E-state index in [1.807, 2.05) is 30.6 Å². The molecule has 0 aliphatic carbocycles. The summed E-state index contributed by atoms with van der Waals surface area (Å²) in [6.07, 6.45) is 6.96. The number of nitrogens with one attached hydrogen (secondary N) is 1. The first-order valence-corrected chi connectivity index (χ1v) is 14.1. The molecule has 4 aromatic heterocycles. The lowest BCUT2D eigenvalue weighted by Gasteiger charge is -2.12. The number of benzene rings is 2. The number of hydrogen-bond donors (Lipinski definition) is 1. The van der Waals surface area contributed by atoms with Gasteiger partial charge in [0.1, 0.15) is 6.33 Å². The number of halogens is 3. The normalized spacial score (nSPS) is 10.6. The van der Waals surface area contributed by atoms with E-state index in [0.717, 1.165) is 26.8 Å². The van der Waals surface area contributed by atoms with Gasteiger partial charge in [0.15, 0.2) is 11.3 Å². The van der Waals surface area contributed by atoms with Gasteiger partial charge >= 0.3 is 0 Å². The molecule has 6 aromatic rings. The molecule has 0 radical (unpaired) electrons. The van der Waals surface area contributed by atoms with Crippen LogP contribution in [0.15, 0.2) is 82.5 Å². The second-order valence-corrected chi connectivity index (χ2v) is 11.4. The number of aromatic amines is 1. The molecule has 188 valence electrons. The first kappa shape index (κ1) is 27.4. The predicted octanol–water partition coefficient (Wildman–Crippen LogP) is 8.43. The van der Waals surface area contributed by atoms with Gasteiger partial charge in [-0.15, -0.1) is 0 Å². The fourth-order valence-electron chi connectivity index (χ4n) is 3.98. The van der Waals surface area contributed by atoms with Crippen LogP contribution in [0.3, 0.4) is 0 Å². The molecule has 4 heterocycles. The summed E-state index contributed by atoms with van der Waals surface area (Å²) < 4.78 is 5.73. The third-order valence-corrected chi connectivity index (χ3v) is 8.23. The number of H-pyrrole nitrogens is 1. The number of pyridine rings is 2. The van der Waals surface area contributed by atoms with Crippen molar-refractivity contribution in [2.75, 3.05) is 0 Å². The van der Waals surface area contributed by atoms with Gasteiger partial charge in [-0.2, -0.15) is 0 Å². The fourth-order valence-corrected chi connectivity index (χ4v) is 5.67. The van der Waals surface area contributed by atoms with Crippen LogP contribution < -0.4 is 0 Å². The number of aromatic nitrogens is 6. The van der Waals surface area contributed by atoms with Crippen molar-refractivity contribution < 1.29 is 0 Å². The number of aryl methyl sites for hydroxylation is 4. The molecule has 0 spiro atoms. The van der Waals surface area contributed by atoms with E-state index in [-0.39, 0.29) is 0 Å². The Hall–Kier alpha value is -2.63. The summed E-state index contributed by atoms with van der Waals surface area (Å²) in [5.74, 6) is 0. The molecule has 6 nitrogen and oxygen atoms in total. The topological polar surface area (TPSA) is 72.3 Å². The highest BCUT2D eigenvalue weighted by Gasteiger charge is 2.10. The lowest BCUT2D eigenvalue weighted by atomic mass is 10.1. The molecule has 0 saturated carbocycles. The van der Waals surface area contributed by atoms with Crippen molar-refractivity contribution in [3.05, 3.63) is 108 Å². The van der Waals surface area contributed by atoms with Crippen molar-refractivity contribution in [3.63, 3.8) is 0 Å². The van der Waals surface area contributed by atoms with Crippen LogP contribution in [0.4, 0.5) is 0 Å². The van der Waals surface area contributed by atoms with Crippen LogP contribution in [0.2, 0.25) is 0 Å². The Morgan fingerprint density at radius 3 is 1.92 bits per heavy atom. The Labute approximate surface area is 246 Å². The van der Waals surface area contributed by atoms with Crippen molar-refractivity contribution in [2.24, 2.45) is 0 Å². The maximum Gasteiger partial charge on any atom is 0.177 e. The van der Waals surface area contributed by atoms with Crippen LogP contribution in [0, 0.1) is 31.3 Å². The molecule has 37 heavy (non-hydrogen) atoms. The summed E-state index contributed by atoms with van der Waals surface area (Å²) in [5, 5.41) is 0. The molecule has 0 aliphatic heterocycles. The summed E-state index contributed by atoms with van der Waals surface area (Å²) in [5.41, 5.74) is 9.85. The SMILES string of the molecule is Cc1cc(Br)cc(C)c1-n1cnc2ncccc21.Cc1cc(Br)cc(C)c1I.c1cnc2nc[nH]c2c1. The third kappa shape index (κ3) is 6.63. The molecule has 9 heteroatoms. The quantitative estimate of drug-likeness (QED) is 0.173. The van der Waals surface area contributed by atoms with Crippen LogP contribution in [-0.4, -0.2) is 29.5 Å². The molecule has 0 atom stereocenters. The van der Waals surface area contributed by atoms with Crippen molar-refractivity contribution in [3.8, 4) is 5.69 Å². The third-order valence-electron chi connectivity index (χ3n) is 5.61. The minimum absolute atomic E-state index is 0.775. The van der Waals surface area contributed by atoms with Crippen LogP contribution in [0.5, 0.6) is 0 Å². The van der Waals surface area contributed by atoms with Gasteiger partial charge in [0.2, 0.25) is 0 Å². The van der Waals surface area contributed by atoms with E-state index in [2.05, 4.69) is 136 Å². The average molecular weight is 732 g/mol. The molecule has 0 aliphatic rings. The van der Waals surface area contributed by atoms with E-state index in [1.54, 1.807) is 18.7 Å². The van der Waals surface area contributed by atoms with E-state index in [9.17, 15) is 0 Å². The second-order valence-electron chi connectivity index (χ2n) is 8.48. The standard InChI is InChI=1S/C14H12BrN3.C8H8BrI.C6H5N3/c1-9-6-11(15)7-10(2)13(9)18-8-17-14-12(18)4-3-5-16-14;1-5-3-7(9)4-6(2)8(5)10;1-2-5-6(7-3-1)9-4-8-5/h3-8H,1-2H3;3-4H,1-2H3;1-4H,(H,7,8,9). The van der Waals surface area contributed by atoms with Crippen molar-refractivity contribution in [1.29, 1.82) is 0 Å². The van der Waals surface area contributed by atoms with Crippen molar-refractivity contribution in [2.45, 2.75) is 27.7 Å². The fraction of sp³-hybridized carbons (Fsp3) is 0.143. The maximum absolute atomic E-state index is 4.34. The summed E-state index contributed by atoms with van der Waals surface area (Å²) in [6.45, 7) is 8.46. The molecule has 0 amide bonds. The zero-order valence-electron chi connectivity index (χ0n) is 20.8. The zero-order valence-corrected chi connectivity index (χ0v) is 26.1. The van der Waals surface area contributed by atoms with E-state index in [1.165, 1.54) is 36.0 Å². The highest BCUT2D eigenvalue weighted by atomic mass is 127. The van der Waals surface area contributed by atoms with E-state index in [0.29, 0.717) is 0 Å². The summed E-state index contributed by atoms with van der Waals surface area (Å²) >= 11 is 9.33. The molecule has 0 bridgehead atoms. The average Bonchev–Trinajstić information content (AvgIpc) is 3.50. The molecular weight excluding hydrogens is 707 g/mol. The second kappa shape index (κ2) is 12.3. The van der Waals surface area contributed by atoms with E-state index >= 15 is 0 Å². The van der Waals surface area contributed by atoms with Crippen LogP contribution in [0.25, 0.3) is 28.0 Å². The van der Waals surface area contributed by atoms with Crippen LogP contribution in [0.1, 0.15) is 22.3 Å². The molecular formula is C28H25Br2IN6. The van der Waals surface area contributed by atoms with Gasteiger partial charge < -0.3 is 4.98 Å². The van der Waals surface area contributed by atoms with Crippen molar-refractivity contribution in [1.82, 2.24) is 29.5 Å². The largest absolute Gasteiger partial charge is 0.343 e. The Bertz CT molecular complexity index is 1600. The van der Waals surface area contributed by atoms with Gasteiger partial charge in [0.25, 0.3) is 0 Å². The molecule has 0 fully saturated rings. The van der Waals surface area contributed by atoms with Gasteiger partial charge in [0.05, 0.1) is 23.0 Å². The van der Waals surface area contributed by atoms with Crippen LogP contribution >= 0.6 is 54.5 Å². The lowest BCUT2D eigenvalue weighted by Crippen LogP contribution is -1.99. The highest BCUT2D eigenvalue weighted by Crippen LogP contribution is 2.26. The van der Waals surface area contributed by atoms with E-state index in [4.69, 9.17) is 0 Å². The minimum atomic E-state index is 0.775. The van der Waals surface area contributed by atoms with Gasteiger partial charge in [-0.05, 0) is 121 Å². The van der Waals surface area contributed by atoms with Crippen molar-refractivity contribution >= 4 is 76.8 Å². The maximum atomic E-state index is 4.34. The Morgan fingerprint density at radius 1 is 0.730 bits per heavy atom. The van der Waals surface area contributed by atoms with Crippen LogP contribution in [-0.2, 0) is 0 Å². The summed E-state index contributed by atoms with van der Waals surface area (Å²) in [4.78, 5) is 19.5. The molecule has 0 unspecified atom stereocenters. The smallest absolute Gasteiger partial charge is 0.177 e. The Morgan fingerprint density at radius 2 is 1.30 bits per heavy atom. The Kier molecular flexibility index (Phi) is 9.09. The minimum Gasteiger partial charge on any atom is -0.343 e.